The summed E-state index contributed by atoms with van der Waals surface area (Å²) in [6.07, 6.45) is 1.55. The van der Waals surface area contributed by atoms with Gasteiger partial charge in [-0.1, -0.05) is 18.2 Å². The quantitative estimate of drug-likeness (QED) is 0.504. The van der Waals surface area contributed by atoms with Crippen LogP contribution in [-0.2, 0) is 9.53 Å². The predicted octanol–water partition coefficient (Wildman–Crippen LogP) is 4.74. The van der Waals surface area contributed by atoms with Gasteiger partial charge in [-0.05, 0) is 31.2 Å². The first-order valence-electron chi connectivity index (χ1n) is 8.03. The number of nitrogens with one attached hydrogen (secondary N) is 1. The number of carbonyl (C=O) groups is 2. The van der Waals surface area contributed by atoms with E-state index in [9.17, 15) is 9.59 Å². The number of hydrogen-bond acceptors (Lipinski definition) is 6. The second kappa shape index (κ2) is 6.93. The van der Waals surface area contributed by atoms with Crippen molar-refractivity contribution in [2.24, 2.45) is 0 Å². The van der Waals surface area contributed by atoms with Crippen LogP contribution in [0.4, 0.5) is 0 Å². The summed E-state index contributed by atoms with van der Waals surface area (Å²) in [6.45, 7) is 1.48. The molecule has 0 aliphatic heterocycles. The smallest absolute Gasteiger partial charge is 0.348 e. The van der Waals surface area contributed by atoms with Gasteiger partial charge in [0.2, 0.25) is 0 Å². The number of thiophene rings is 2. The maximum Gasteiger partial charge on any atom is 0.348 e. The summed E-state index contributed by atoms with van der Waals surface area (Å²) in [5.74, 6) is -0.204. The molecule has 0 saturated carbocycles. The zero-order valence-electron chi connectivity index (χ0n) is 13.9. The first-order valence-corrected chi connectivity index (χ1v) is 9.66. The molecule has 0 unspecified atom stereocenters. The largest absolute Gasteiger partial charge is 0.467 e. The Bertz CT molecular complexity index is 1080. The van der Waals surface area contributed by atoms with Crippen LogP contribution in [0.25, 0.3) is 19.5 Å². The monoisotopic (exact) mass is 385 g/mol. The molecular weight excluding hydrogens is 370 g/mol. The molecular formula is C19H15NO4S2. The first-order chi connectivity index (χ1) is 12.6. The summed E-state index contributed by atoms with van der Waals surface area (Å²) in [7, 11) is 0. The van der Waals surface area contributed by atoms with Crippen molar-refractivity contribution < 1.29 is 18.7 Å². The van der Waals surface area contributed by atoms with Gasteiger partial charge in [0.25, 0.3) is 5.91 Å². The van der Waals surface area contributed by atoms with Gasteiger partial charge in [0.1, 0.15) is 10.6 Å². The van der Waals surface area contributed by atoms with Crippen molar-refractivity contribution in [3.05, 3.63) is 59.4 Å². The van der Waals surface area contributed by atoms with Crippen molar-refractivity contribution in [2.45, 2.75) is 13.0 Å². The van der Waals surface area contributed by atoms with Gasteiger partial charge in [-0.25, -0.2) is 4.79 Å². The number of rotatable bonds is 5. The Morgan fingerprint density at radius 3 is 2.81 bits per heavy atom. The summed E-state index contributed by atoms with van der Waals surface area (Å²) in [4.78, 5) is 24.7. The second-order valence-corrected chi connectivity index (χ2v) is 7.92. The standard InChI is InChI=1S/C19H15NO4S2/c1-11(13-6-4-8-23-13)20-17(21)10-24-19(22)16-9-15-18(26-16)12-5-2-3-7-14(12)25-15/h2-9,11H,10H2,1H3,(H,20,21)/t11-/m0/s1. The third-order valence-corrected chi connectivity index (χ3v) is 6.33. The highest BCUT2D eigenvalue weighted by atomic mass is 32.1. The van der Waals surface area contributed by atoms with Crippen LogP contribution in [0.2, 0.25) is 0 Å². The van der Waals surface area contributed by atoms with Crippen molar-refractivity contribution in [3.8, 4) is 0 Å². The van der Waals surface area contributed by atoms with Crippen LogP contribution in [0.3, 0.4) is 0 Å². The molecule has 0 aliphatic carbocycles. The molecule has 0 spiro atoms. The predicted molar refractivity (Wildman–Crippen MR) is 103 cm³/mol. The van der Waals surface area contributed by atoms with Crippen molar-refractivity contribution in [2.75, 3.05) is 6.61 Å². The Labute approximate surface area is 157 Å². The Morgan fingerprint density at radius 1 is 1.15 bits per heavy atom. The summed E-state index contributed by atoms with van der Waals surface area (Å²) in [5, 5.41) is 3.87. The molecule has 132 valence electrons. The average Bonchev–Trinajstić information content (AvgIpc) is 3.35. The van der Waals surface area contributed by atoms with E-state index in [1.165, 1.54) is 16.0 Å². The van der Waals surface area contributed by atoms with Gasteiger partial charge in [0, 0.05) is 14.8 Å². The molecule has 1 amide bonds. The fourth-order valence-electron chi connectivity index (χ4n) is 2.69. The van der Waals surface area contributed by atoms with Gasteiger partial charge in [0.15, 0.2) is 6.61 Å². The fourth-order valence-corrected chi connectivity index (χ4v) is 5.11. The molecule has 1 atom stereocenters. The maximum atomic E-state index is 12.3. The van der Waals surface area contributed by atoms with E-state index in [2.05, 4.69) is 11.4 Å². The summed E-state index contributed by atoms with van der Waals surface area (Å²) < 4.78 is 13.7. The minimum Gasteiger partial charge on any atom is -0.467 e. The molecule has 3 heterocycles. The number of esters is 1. The van der Waals surface area contributed by atoms with Crippen LogP contribution in [0.1, 0.15) is 28.4 Å². The van der Waals surface area contributed by atoms with Crippen LogP contribution in [0, 0.1) is 0 Å². The molecule has 4 rings (SSSR count). The van der Waals surface area contributed by atoms with Gasteiger partial charge in [-0.3, -0.25) is 4.79 Å². The normalized spacial score (nSPS) is 12.3. The minimum absolute atomic E-state index is 0.283. The molecule has 0 fully saturated rings. The highest BCUT2D eigenvalue weighted by Crippen LogP contribution is 2.39. The molecule has 26 heavy (non-hydrogen) atoms. The Morgan fingerprint density at radius 2 is 2.00 bits per heavy atom. The van der Waals surface area contributed by atoms with E-state index in [1.807, 2.05) is 24.3 Å². The van der Waals surface area contributed by atoms with Crippen LogP contribution in [-0.4, -0.2) is 18.5 Å². The first kappa shape index (κ1) is 16.8. The molecule has 0 bridgehead atoms. The van der Waals surface area contributed by atoms with E-state index in [1.54, 1.807) is 36.7 Å². The van der Waals surface area contributed by atoms with Crippen LogP contribution in [0.15, 0.2) is 53.1 Å². The van der Waals surface area contributed by atoms with Crippen molar-refractivity contribution >= 4 is 54.0 Å². The number of ether oxygens (including phenoxy) is 1. The fraction of sp³-hybridized carbons (Fsp3) is 0.158. The van der Waals surface area contributed by atoms with E-state index in [0.717, 1.165) is 14.8 Å². The number of furan rings is 1. The molecule has 7 heteroatoms. The van der Waals surface area contributed by atoms with Crippen molar-refractivity contribution in [1.82, 2.24) is 5.32 Å². The zero-order chi connectivity index (χ0) is 18.1. The Hall–Kier alpha value is -2.64. The van der Waals surface area contributed by atoms with Crippen LogP contribution >= 0.6 is 22.7 Å². The number of benzene rings is 1. The zero-order valence-corrected chi connectivity index (χ0v) is 15.5. The summed E-state index contributed by atoms with van der Waals surface area (Å²) in [6, 6.07) is 13.2. The van der Waals surface area contributed by atoms with Gasteiger partial charge in [-0.2, -0.15) is 0 Å². The highest BCUT2D eigenvalue weighted by Gasteiger charge is 2.18. The van der Waals surface area contributed by atoms with E-state index in [-0.39, 0.29) is 18.6 Å². The number of hydrogen-bond donors (Lipinski definition) is 1. The van der Waals surface area contributed by atoms with E-state index >= 15 is 0 Å². The lowest BCUT2D eigenvalue weighted by molar-refractivity contribution is -0.125. The third kappa shape index (κ3) is 3.23. The van der Waals surface area contributed by atoms with Crippen molar-refractivity contribution in [1.29, 1.82) is 0 Å². The minimum atomic E-state index is -0.483. The average molecular weight is 385 g/mol. The maximum absolute atomic E-state index is 12.3. The van der Waals surface area contributed by atoms with Crippen LogP contribution < -0.4 is 5.32 Å². The SMILES string of the molecule is C[C@H](NC(=O)COC(=O)c1cc2sc3ccccc3c2s1)c1ccco1. The van der Waals surface area contributed by atoms with Gasteiger partial charge < -0.3 is 14.5 Å². The molecule has 1 N–H and O–H groups in total. The topological polar surface area (TPSA) is 68.5 Å². The number of amides is 1. The second-order valence-electron chi connectivity index (χ2n) is 5.78. The molecule has 0 aliphatic rings. The molecule has 3 aromatic heterocycles. The molecule has 0 radical (unpaired) electrons. The van der Waals surface area contributed by atoms with Gasteiger partial charge in [-0.15, -0.1) is 22.7 Å². The van der Waals surface area contributed by atoms with Gasteiger partial charge in [0.05, 0.1) is 17.0 Å². The number of carbonyl (C=O) groups excluding carboxylic acids is 2. The van der Waals surface area contributed by atoms with E-state index < -0.39 is 5.97 Å². The lowest BCUT2D eigenvalue weighted by Gasteiger charge is -2.11. The molecule has 4 aromatic rings. The van der Waals surface area contributed by atoms with Crippen LogP contribution in [0.5, 0.6) is 0 Å². The molecule has 1 aromatic carbocycles. The van der Waals surface area contributed by atoms with E-state index in [0.29, 0.717) is 10.6 Å². The lowest BCUT2D eigenvalue weighted by Crippen LogP contribution is -2.30. The Balaban J connectivity index is 1.40. The van der Waals surface area contributed by atoms with Crippen molar-refractivity contribution in [3.63, 3.8) is 0 Å². The van der Waals surface area contributed by atoms with Gasteiger partial charge >= 0.3 is 5.97 Å². The lowest BCUT2D eigenvalue weighted by atomic mass is 10.2. The molecule has 0 saturated heterocycles. The van der Waals surface area contributed by atoms with E-state index in [4.69, 9.17) is 9.15 Å². The molecule has 5 nitrogen and oxygen atoms in total. The summed E-state index contributed by atoms with van der Waals surface area (Å²) in [5.41, 5.74) is 0. The highest BCUT2D eigenvalue weighted by molar-refractivity contribution is 7.33. The Kier molecular flexibility index (Phi) is 4.48. The third-order valence-electron chi connectivity index (χ3n) is 3.93. The number of fused-ring (bicyclic) bond motifs is 3. The summed E-state index contributed by atoms with van der Waals surface area (Å²) >= 11 is 3.04.